The van der Waals surface area contributed by atoms with E-state index in [0.717, 1.165) is 5.56 Å². The summed E-state index contributed by atoms with van der Waals surface area (Å²) in [6.07, 6.45) is 0. The molecule has 0 aliphatic heterocycles. The highest BCUT2D eigenvalue weighted by Gasteiger charge is 2.15. The Labute approximate surface area is 125 Å². The summed E-state index contributed by atoms with van der Waals surface area (Å²) < 4.78 is 34.9. The molecule has 6 heteroatoms. The Morgan fingerprint density at radius 3 is 2.45 bits per heavy atom. The first-order valence-electron chi connectivity index (χ1n) is 6.53. The number of fused-ring (bicyclic) bond motifs is 1. The second kappa shape index (κ2) is 5.93. The van der Waals surface area contributed by atoms with E-state index in [1.165, 1.54) is 7.11 Å². The minimum Gasteiger partial charge on any atom is -0.497 e. The van der Waals surface area contributed by atoms with Crippen LogP contribution in [0.2, 0.25) is 0 Å². The van der Waals surface area contributed by atoms with Gasteiger partial charge in [0.25, 0.3) is 0 Å². The molecule has 0 unspecified atom stereocenters. The molecule has 3 aromatic rings. The molecule has 0 spiro atoms. The molecule has 4 nitrogen and oxygen atoms in total. The van der Waals surface area contributed by atoms with Crippen LogP contribution in [0.25, 0.3) is 22.3 Å². The van der Waals surface area contributed by atoms with E-state index >= 15 is 0 Å². The molecule has 1 aromatic heterocycles. The van der Waals surface area contributed by atoms with E-state index in [-0.39, 0.29) is 5.88 Å². The number of nitrogens with zero attached hydrogens (tertiary/aromatic N) is 2. The maximum Gasteiger partial charge on any atom is 0.388 e. The van der Waals surface area contributed by atoms with Crippen LogP contribution >= 0.6 is 0 Å². The van der Waals surface area contributed by atoms with E-state index < -0.39 is 6.61 Å². The number of hydrogen-bond acceptors (Lipinski definition) is 4. The Kier molecular flexibility index (Phi) is 3.82. The minimum absolute atomic E-state index is 0.169. The lowest BCUT2D eigenvalue weighted by atomic mass is 10.2. The predicted molar refractivity (Wildman–Crippen MR) is 78.2 cm³/mol. The number of alkyl halides is 2. The summed E-state index contributed by atoms with van der Waals surface area (Å²) in [5, 5.41) is 0.374. The number of methoxy groups -OCH3 is 1. The Bertz CT molecular complexity index is 795. The van der Waals surface area contributed by atoms with Gasteiger partial charge in [0.1, 0.15) is 5.75 Å². The standard InChI is InChI=1S/C16H12F2N2O2/c1-21-11-7-8-13-12(9-11)15(22-16(17)18)20-14(19-13)10-5-3-2-4-6-10/h2-9,16H,1H3. The summed E-state index contributed by atoms with van der Waals surface area (Å²) in [5.41, 5.74) is 1.23. The van der Waals surface area contributed by atoms with E-state index in [0.29, 0.717) is 22.5 Å². The first-order chi connectivity index (χ1) is 10.7. The molecular formula is C16H12F2N2O2. The fourth-order valence-corrected chi connectivity index (χ4v) is 2.10. The van der Waals surface area contributed by atoms with E-state index in [9.17, 15) is 8.78 Å². The second-order valence-electron chi connectivity index (χ2n) is 4.48. The third-order valence-corrected chi connectivity index (χ3v) is 3.10. The smallest absolute Gasteiger partial charge is 0.388 e. The molecule has 0 aliphatic rings. The van der Waals surface area contributed by atoms with Gasteiger partial charge in [0.2, 0.25) is 5.88 Å². The van der Waals surface area contributed by atoms with Gasteiger partial charge in [0.15, 0.2) is 5.82 Å². The predicted octanol–water partition coefficient (Wildman–Crippen LogP) is 3.91. The van der Waals surface area contributed by atoms with Gasteiger partial charge in [-0.15, -0.1) is 0 Å². The zero-order valence-electron chi connectivity index (χ0n) is 11.7. The van der Waals surface area contributed by atoms with Gasteiger partial charge >= 0.3 is 6.61 Å². The van der Waals surface area contributed by atoms with Crippen molar-refractivity contribution in [3.63, 3.8) is 0 Å². The quantitative estimate of drug-likeness (QED) is 0.733. The topological polar surface area (TPSA) is 44.2 Å². The fourth-order valence-electron chi connectivity index (χ4n) is 2.10. The molecule has 0 atom stereocenters. The van der Waals surface area contributed by atoms with Gasteiger partial charge in [-0.3, -0.25) is 0 Å². The van der Waals surface area contributed by atoms with Crippen LogP contribution in [-0.2, 0) is 0 Å². The molecule has 0 fully saturated rings. The molecule has 112 valence electrons. The zero-order chi connectivity index (χ0) is 15.5. The van der Waals surface area contributed by atoms with Crippen molar-refractivity contribution in [3.8, 4) is 23.0 Å². The van der Waals surface area contributed by atoms with Crippen LogP contribution in [0, 0.1) is 0 Å². The van der Waals surface area contributed by atoms with Crippen molar-refractivity contribution in [2.24, 2.45) is 0 Å². The number of hydrogen-bond donors (Lipinski definition) is 0. The molecule has 2 aromatic carbocycles. The van der Waals surface area contributed by atoms with Crippen LogP contribution in [0.4, 0.5) is 8.78 Å². The van der Waals surface area contributed by atoms with Gasteiger partial charge in [-0.1, -0.05) is 30.3 Å². The van der Waals surface area contributed by atoms with Crippen LogP contribution in [0.5, 0.6) is 11.6 Å². The van der Waals surface area contributed by atoms with E-state index in [1.54, 1.807) is 30.3 Å². The maximum atomic E-state index is 12.7. The summed E-state index contributed by atoms with van der Waals surface area (Å²) in [5.74, 6) is 0.675. The molecule has 0 saturated heterocycles. The summed E-state index contributed by atoms with van der Waals surface area (Å²) in [6.45, 7) is -2.96. The Balaban J connectivity index is 2.20. The van der Waals surface area contributed by atoms with Crippen molar-refractivity contribution in [2.45, 2.75) is 6.61 Å². The van der Waals surface area contributed by atoms with Crippen LogP contribution < -0.4 is 9.47 Å². The molecule has 0 bridgehead atoms. The van der Waals surface area contributed by atoms with Crippen LogP contribution in [0.1, 0.15) is 0 Å². The van der Waals surface area contributed by atoms with Crippen molar-refractivity contribution >= 4 is 10.9 Å². The molecule has 0 radical (unpaired) electrons. The Morgan fingerprint density at radius 2 is 1.77 bits per heavy atom. The number of benzene rings is 2. The summed E-state index contributed by atoms with van der Waals surface area (Å²) in [7, 11) is 1.49. The van der Waals surface area contributed by atoms with Gasteiger partial charge in [0, 0.05) is 5.56 Å². The number of ether oxygens (including phenoxy) is 2. The first-order valence-corrected chi connectivity index (χ1v) is 6.53. The molecular weight excluding hydrogens is 290 g/mol. The van der Waals surface area contributed by atoms with Crippen LogP contribution in [-0.4, -0.2) is 23.7 Å². The normalized spacial score (nSPS) is 10.9. The molecule has 0 saturated carbocycles. The van der Waals surface area contributed by atoms with Gasteiger partial charge in [-0.2, -0.15) is 13.8 Å². The average Bonchev–Trinajstić information content (AvgIpc) is 2.54. The van der Waals surface area contributed by atoms with Crippen molar-refractivity contribution in [3.05, 3.63) is 48.5 Å². The van der Waals surface area contributed by atoms with Gasteiger partial charge in [0.05, 0.1) is 18.0 Å². The monoisotopic (exact) mass is 302 g/mol. The van der Waals surface area contributed by atoms with Crippen LogP contribution in [0.15, 0.2) is 48.5 Å². The molecule has 0 N–H and O–H groups in total. The molecule has 1 heterocycles. The Morgan fingerprint density at radius 1 is 1.00 bits per heavy atom. The highest BCUT2D eigenvalue weighted by molar-refractivity contribution is 5.86. The minimum atomic E-state index is -2.96. The van der Waals surface area contributed by atoms with E-state index in [2.05, 4.69) is 14.7 Å². The highest BCUT2D eigenvalue weighted by Crippen LogP contribution is 2.30. The van der Waals surface area contributed by atoms with Gasteiger partial charge in [-0.05, 0) is 18.2 Å². The van der Waals surface area contributed by atoms with Crippen LogP contribution in [0.3, 0.4) is 0 Å². The third kappa shape index (κ3) is 2.81. The molecule has 3 rings (SSSR count). The zero-order valence-corrected chi connectivity index (χ0v) is 11.7. The number of halogens is 2. The van der Waals surface area contributed by atoms with E-state index in [4.69, 9.17) is 4.74 Å². The first kappa shape index (κ1) is 14.2. The maximum absolute atomic E-state index is 12.7. The van der Waals surface area contributed by atoms with Crippen molar-refractivity contribution in [1.82, 2.24) is 9.97 Å². The fraction of sp³-hybridized carbons (Fsp3) is 0.125. The number of aromatic nitrogens is 2. The van der Waals surface area contributed by atoms with E-state index in [1.807, 2.05) is 18.2 Å². The lowest BCUT2D eigenvalue weighted by Gasteiger charge is -2.10. The largest absolute Gasteiger partial charge is 0.497 e. The lowest BCUT2D eigenvalue weighted by Crippen LogP contribution is -2.06. The molecule has 22 heavy (non-hydrogen) atoms. The van der Waals surface area contributed by atoms with Crippen molar-refractivity contribution in [1.29, 1.82) is 0 Å². The Hall–Kier alpha value is -2.76. The summed E-state index contributed by atoms with van der Waals surface area (Å²) >= 11 is 0. The van der Waals surface area contributed by atoms with Gasteiger partial charge in [-0.25, -0.2) is 4.98 Å². The number of rotatable bonds is 4. The second-order valence-corrected chi connectivity index (χ2v) is 4.48. The van der Waals surface area contributed by atoms with Gasteiger partial charge < -0.3 is 9.47 Å². The highest BCUT2D eigenvalue weighted by atomic mass is 19.3. The summed E-state index contributed by atoms with van der Waals surface area (Å²) in [6, 6.07) is 14.1. The SMILES string of the molecule is COc1ccc2nc(-c3ccccc3)nc(OC(F)F)c2c1. The average molecular weight is 302 g/mol. The van der Waals surface area contributed by atoms with Crippen molar-refractivity contribution < 1.29 is 18.3 Å². The third-order valence-electron chi connectivity index (χ3n) is 3.10. The molecule has 0 aliphatic carbocycles. The lowest BCUT2D eigenvalue weighted by molar-refractivity contribution is -0.0516. The molecule has 0 amide bonds. The summed E-state index contributed by atoms with van der Waals surface area (Å²) in [4.78, 5) is 8.52. The van der Waals surface area contributed by atoms with Crippen molar-refractivity contribution in [2.75, 3.05) is 7.11 Å².